The number of benzene rings is 1. The monoisotopic (exact) mass is 421 g/mol. The lowest BCUT2D eigenvalue weighted by molar-refractivity contribution is -0.137. The summed E-state index contributed by atoms with van der Waals surface area (Å²) in [7, 11) is 1.29. The number of nitrogens with one attached hydrogen (secondary N) is 1. The molecule has 0 atom stereocenters. The average Bonchev–Trinajstić information content (AvgIpc) is 3.23. The molecule has 0 aliphatic heterocycles. The standard InChI is InChI=1S/C20H18F3N3O4/c1-29-16-8-6-13(20(21,22)23)12-15(16)24-18(27)5-2-10-26-19(28)9-7-14(25-26)17-4-3-11-30-17/h3-4,6-9,11-12H,2,5,10H2,1H3,(H,24,27). The summed E-state index contributed by atoms with van der Waals surface area (Å²) in [5.41, 5.74) is -0.848. The fraction of sp³-hybridized carbons (Fsp3) is 0.250. The minimum absolute atomic E-state index is 0.0293. The van der Waals surface area contributed by atoms with E-state index in [4.69, 9.17) is 9.15 Å². The van der Waals surface area contributed by atoms with Crippen LogP contribution in [0, 0.1) is 0 Å². The quantitative estimate of drug-likeness (QED) is 0.624. The molecule has 0 saturated heterocycles. The molecule has 0 fully saturated rings. The molecule has 0 bridgehead atoms. The van der Waals surface area contributed by atoms with Gasteiger partial charge in [0.25, 0.3) is 5.56 Å². The van der Waals surface area contributed by atoms with Crippen LogP contribution in [0.15, 0.2) is 57.9 Å². The summed E-state index contributed by atoms with van der Waals surface area (Å²) in [5.74, 6) is 0.0985. The van der Waals surface area contributed by atoms with E-state index < -0.39 is 17.6 Å². The van der Waals surface area contributed by atoms with Crippen LogP contribution < -0.4 is 15.6 Å². The SMILES string of the molecule is COc1ccc(C(F)(F)F)cc1NC(=O)CCCn1nc(-c2ccco2)ccc1=O. The molecule has 30 heavy (non-hydrogen) atoms. The van der Waals surface area contributed by atoms with Gasteiger partial charge in [-0.05, 0) is 42.8 Å². The molecule has 0 aliphatic carbocycles. The lowest BCUT2D eigenvalue weighted by Gasteiger charge is -2.13. The van der Waals surface area contributed by atoms with E-state index in [1.54, 1.807) is 12.1 Å². The highest BCUT2D eigenvalue weighted by Crippen LogP contribution is 2.35. The van der Waals surface area contributed by atoms with E-state index in [0.29, 0.717) is 11.5 Å². The first-order chi connectivity index (χ1) is 14.3. The number of hydrogen-bond acceptors (Lipinski definition) is 5. The third kappa shape index (κ3) is 5.07. The molecule has 0 spiro atoms. The van der Waals surface area contributed by atoms with Crippen molar-refractivity contribution in [1.29, 1.82) is 0 Å². The molecule has 158 valence electrons. The number of amides is 1. The molecule has 0 radical (unpaired) electrons. The van der Waals surface area contributed by atoms with Crippen molar-refractivity contribution in [3.8, 4) is 17.2 Å². The number of furan rings is 1. The molecule has 0 aliphatic rings. The molecule has 10 heteroatoms. The highest BCUT2D eigenvalue weighted by Gasteiger charge is 2.31. The van der Waals surface area contributed by atoms with Crippen molar-refractivity contribution < 1.29 is 27.1 Å². The molecule has 2 aromatic heterocycles. The first-order valence-electron chi connectivity index (χ1n) is 8.95. The summed E-state index contributed by atoms with van der Waals surface area (Å²) in [4.78, 5) is 24.2. The maximum absolute atomic E-state index is 12.9. The van der Waals surface area contributed by atoms with E-state index in [2.05, 4.69) is 10.4 Å². The van der Waals surface area contributed by atoms with Crippen LogP contribution in [0.5, 0.6) is 5.75 Å². The smallest absolute Gasteiger partial charge is 0.416 e. The minimum Gasteiger partial charge on any atom is -0.495 e. The molecule has 1 N–H and O–H groups in total. The zero-order valence-electron chi connectivity index (χ0n) is 15.9. The van der Waals surface area contributed by atoms with Crippen molar-refractivity contribution >= 4 is 11.6 Å². The van der Waals surface area contributed by atoms with E-state index in [1.165, 1.54) is 30.2 Å². The Labute approximate surface area is 169 Å². The summed E-state index contributed by atoms with van der Waals surface area (Å²) in [5, 5.41) is 6.62. The average molecular weight is 421 g/mol. The fourth-order valence-electron chi connectivity index (χ4n) is 2.75. The van der Waals surface area contributed by atoms with Gasteiger partial charge in [0.2, 0.25) is 5.91 Å². The molecular weight excluding hydrogens is 403 g/mol. The molecule has 7 nitrogen and oxygen atoms in total. The van der Waals surface area contributed by atoms with Crippen LogP contribution >= 0.6 is 0 Å². The molecule has 1 amide bonds. The van der Waals surface area contributed by atoms with Gasteiger partial charge in [-0.2, -0.15) is 18.3 Å². The zero-order chi connectivity index (χ0) is 21.7. The number of alkyl halides is 3. The van der Waals surface area contributed by atoms with Crippen molar-refractivity contribution in [3.05, 3.63) is 64.6 Å². The normalized spacial score (nSPS) is 11.3. The van der Waals surface area contributed by atoms with E-state index in [0.717, 1.165) is 18.2 Å². The zero-order valence-corrected chi connectivity index (χ0v) is 15.9. The van der Waals surface area contributed by atoms with Crippen LogP contribution in [0.1, 0.15) is 18.4 Å². The Morgan fingerprint density at radius 2 is 2.03 bits per heavy atom. The number of carbonyl (C=O) groups is 1. The van der Waals surface area contributed by atoms with Crippen LogP contribution in [-0.4, -0.2) is 22.8 Å². The fourth-order valence-corrected chi connectivity index (χ4v) is 2.75. The summed E-state index contributed by atoms with van der Waals surface area (Å²) in [6.07, 6.45) is -2.84. The Bertz CT molecular complexity index is 1080. The number of nitrogens with zero attached hydrogens (tertiary/aromatic N) is 2. The highest BCUT2D eigenvalue weighted by molar-refractivity contribution is 5.92. The third-order valence-electron chi connectivity index (χ3n) is 4.21. The van der Waals surface area contributed by atoms with Crippen LogP contribution in [0.25, 0.3) is 11.5 Å². The number of methoxy groups -OCH3 is 1. The Morgan fingerprint density at radius 3 is 2.70 bits per heavy atom. The lowest BCUT2D eigenvalue weighted by atomic mass is 10.1. The van der Waals surface area contributed by atoms with Crippen molar-refractivity contribution in [3.63, 3.8) is 0 Å². The minimum atomic E-state index is -4.54. The molecule has 3 aromatic rings. The number of aromatic nitrogens is 2. The summed E-state index contributed by atoms with van der Waals surface area (Å²) >= 11 is 0. The number of halogens is 3. The molecule has 0 unspecified atom stereocenters. The molecule has 3 rings (SSSR count). The van der Waals surface area contributed by atoms with E-state index in [-0.39, 0.29) is 36.4 Å². The molecule has 2 heterocycles. The van der Waals surface area contributed by atoms with Crippen LogP contribution in [0.4, 0.5) is 18.9 Å². The summed E-state index contributed by atoms with van der Waals surface area (Å²) in [6.45, 7) is 0.153. The second-order valence-corrected chi connectivity index (χ2v) is 6.32. The second kappa shape index (κ2) is 8.85. The van der Waals surface area contributed by atoms with Crippen molar-refractivity contribution in [1.82, 2.24) is 9.78 Å². The Hall–Kier alpha value is -3.56. The predicted octanol–water partition coefficient (Wildman–Crippen LogP) is 3.95. The van der Waals surface area contributed by atoms with Gasteiger partial charge in [0, 0.05) is 19.0 Å². The molecule has 0 saturated carbocycles. The summed E-state index contributed by atoms with van der Waals surface area (Å²) < 4.78 is 50.2. The van der Waals surface area contributed by atoms with Gasteiger partial charge >= 0.3 is 6.18 Å². The van der Waals surface area contributed by atoms with Crippen molar-refractivity contribution in [2.24, 2.45) is 0 Å². The number of carbonyl (C=O) groups excluding carboxylic acids is 1. The van der Waals surface area contributed by atoms with E-state index in [1.807, 2.05) is 0 Å². The van der Waals surface area contributed by atoms with Crippen LogP contribution in [0.3, 0.4) is 0 Å². The number of aryl methyl sites for hydroxylation is 1. The predicted molar refractivity (Wildman–Crippen MR) is 102 cm³/mol. The van der Waals surface area contributed by atoms with Gasteiger partial charge < -0.3 is 14.5 Å². The number of ether oxygens (including phenoxy) is 1. The molecule has 1 aromatic carbocycles. The largest absolute Gasteiger partial charge is 0.495 e. The first-order valence-corrected chi connectivity index (χ1v) is 8.95. The number of hydrogen-bond donors (Lipinski definition) is 1. The Morgan fingerprint density at radius 1 is 1.23 bits per heavy atom. The Kier molecular flexibility index (Phi) is 6.24. The van der Waals surface area contributed by atoms with Crippen LogP contribution in [0.2, 0.25) is 0 Å². The lowest BCUT2D eigenvalue weighted by Crippen LogP contribution is -2.23. The summed E-state index contributed by atoms with van der Waals surface area (Å²) in [6, 6.07) is 9.10. The van der Waals surface area contributed by atoms with Gasteiger partial charge in [-0.1, -0.05) is 0 Å². The number of anilines is 1. The maximum atomic E-state index is 12.9. The highest BCUT2D eigenvalue weighted by atomic mass is 19.4. The van der Waals surface area contributed by atoms with Crippen molar-refractivity contribution in [2.45, 2.75) is 25.6 Å². The Balaban J connectivity index is 1.63. The van der Waals surface area contributed by atoms with Gasteiger partial charge in [0.05, 0.1) is 24.6 Å². The van der Waals surface area contributed by atoms with Gasteiger partial charge in [0.1, 0.15) is 11.4 Å². The van der Waals surface area contributed by atoms with Gasteiger partial charge in [-0.25, -0.2) is 4.68 Å². The number of rotatable bonds is 7. The van der Waals surface area contributed by atoms with E-state index >= 15 is 0 Å². The molecular formula is C20H18F3N3O4. The van der Waals surface area contributed by atoms with Gasteiger partial charge in [-0.3, -0.25) is 9.59 Å². The maximum Gasteiger partial charge on any atom is 0.416 e. The van der Waals surface area contributed by atoms with Crippen molar-refractivity contribution in [2.75, 3.05) is 12.4 Å². The van der Waals surface area contributed by atoms with Gasteiger partial charge in [-0.15, -0.1) is 0 Å². The third-order valence-corrected chi connectivity index (χ3v) is 4.21. The first kappa shape index (κ1) is 21.2. The van der Waals surface area contributed by atoms with E-state index in [9.17, 15) is 22.8 Å². The topological polar surface area (TPSA) is 86.4 Å². The van der Waals surface area contributed by atoms with Gasteiger partial charge in [0.15, 0.2) is 5.76 Å². The second-order valence-electron chi connectivity index (χ2n) is 6.32. The van der Waals surface area contributed by atoms with Crippen LogP contribution in [-0.2, 0) is 17.5 Å².